The van der Waals surface area contributed by atoms with Crippen molar-refractivity contribution >= 4 is 28.1 Å². The predicted molar refractivity (Wildman–Crippen MR) is 81.6 cm³/mol. The summed E-state index contributed by atoms with van der Waals surface area (Å²) in [6.07, 6.45) is 2.01. The van der Waals surface area contributed by atoms with E-state index in [1.165, 1.54) is 24.0 Å². The number of rotatable bonds is 6. The largest absolute Gasteiger partial charge is 0.469 e. The molecule has 0 amide bonds. The summed E-state index contributed by atoms with van der Waals surface area (Å²) in [5.74, 6) is -0.206. The van der Waals surface area contributed by atoms with Crippen LogP contribution in [0.5, 0.6) is 0 Å². The SMILES string of the molecule is CCc1ccc(Nc2nc(CCC(=O)OC)cs2)cc1. The first-order valence-corrected chi connectivity index (χ1v) is 7.46. The van der Waals surface area contributed by atoms with E-state index in [0.29, 0.717) is 12.8 Å². The van der Waals surface area contributed by atoms with E-state index < -0.39 is 0 Å². The highest BCUT2D eigenvalue weighted by Gasteiger charge is 2.06. The molecule has 2 rings (SSSR count). The molecule has 0 atom stereocenters. The predicted octanol–water partition coefficient (Wildman–Crippen LogP) is 3.55. The third-order valence-corrected chi connectivity index (χ3v) is 3.78. The molecule has 1 heterocycles. The summed E-state index contributed by atoms with van der Waals surface area (Å²) in [7, 11) is 1.40. The number of ether oxygens (including phenoxy) is 1. The van der Waals surface area contributed by atoms with Gasteiger partial charge in [-0.15, -0.1) is 11.3 Å². The molecule has 1 aromatic heterocycles. The van der Waals surface area contributed by atoms with Gasteiger partial charge in [-0.3, -0.25) is 4.79 Å². The van der Waals surface area contributed by atoms with E-state index in [0.717, 1.165) is 22.9 Å². The van der Waals surface area contributed by atoms with Crippen LogP contribution in [0.3, 0.4) is 0 Å². The number of hydrogen-bond acceptors (Lipinski definition) is 5. The summed E-state index contributed by atoms with van der Waals surface area (Å²) in [6, 6.07) is 8.31. The maximum Gasteiger partial charge on any atom is 0.305 e. The molecule has 0 aliphatic carbocycles. The number of carbonyl (C=O) groups excluding carboxylic acids is 1. The fourth-order valence-electron chi connectivity index (χ4n) is 1.76. The minimum absolute atomic E-state index is 0.206. The van der Waals surface area contributed by atoms with Crippen LogP contribution >= 0.6 is 11.3 Å². The third kappa shape index (κ3) is 4.06. The number of anilines is 2. The van der Waals surface area contributed by atoms with Gasteiger partial charge in [-0.25, -0.2) is 4.98 Å². The molecule has 1 N–H and O–H groups in total. The number of nitrogens with zero attached hydrogens (tertiary/aromatic N) is 1. The maximum absolute atomic E-state index is 11.1. The van der Waals surface area contributed by atoms with Gasteiger partial charge in [-0.05, 0) is 24.1 Å². The van der Waals surface area contributed by atoms with E-state index in [2.05, 4.69) is 34.1 Å². The molecule has 106 valence electrons. The normalized spacial score (nSPS) is 10.3. The highest BCUT2D eigenvalue weighted by Crippen LogP contribution is 2.22. The molecule has 0 fully saturated rings. The van der Waals surface area contributed by atoms with E-state index in [-0.39, 0.29) is 5.97 Å². The van der Waals surface area contributed by atoms with Crippen LogP contribution in [0.25, 0.3) is 0 Å². The van der Waals surface area contributed by atoms with Gasteiger partial charge in [-0.1, -0.05) is 19.1 Å². The second kappa shape index (κ2) is 7.05. The minimum Gasteiger partial charge on any atom is -0.469 e. The zero-order valence-corrected chi connectivity index (χ0v) is 12.5. The van der Waals surface area contributed by atoms with Crippen molar-refractivity contribution in [1.29, 1.82) is 0 Å². The molecule has 0 aliphatic heterocycles. The zero-order valence-electron chi connectivity index (χ0n) is 11.7. The topological polar surface area (TPSA) is 51.2 Å². The molecule has 0 aliphatic rings. The van der Waals surface area contributed by atoms with E-state index in [1.54, 1.807) is 0 Å². The Kier molecular flexibility index (Phi) is 5.12. The Bertz CT molecular complexity index is 564. The van der Waals surface area contributed by atoms with Crippen molar-refractivity contribution in [2.75, 3.05) is 12.4 Å². The molecule has 0 saturated heterocycles. The Labute approximate surface area is 122 Å². The van der Waals surface area contributed by atoms with Crippen LogP contribution in [0.2, 0.25) is 0 Å². The lowest BCUT2D eigenvalue weighted by Crippen LogP contribution is -2.02. The second-order valence-electron chi connectivity index (χ2n) is 4.40. The Morgan fingerprint density at radius 2 is 2.10 bits per heavy atom. The lowest BCUT2D eigenvalue weighted by Gasteiger charge is -2.03. The van der Waals surface area contributed by atoms with Crippen molar-refractivity contribution in [1.82, 2.24) is 4.98 Å². The molecular weight excluding hydrogens is 272 g/mol. The maximum atomic E-state index is 11.1. The summed E-state index contributed by atoms with van der Waals surface area (Å²) in [4.78, 5) is 15.5. The van der Waals surface area contributed by atoms with Crippen molar-refractivity contribution in [2.45, 2.75) is 26.2 Å². The van der Waals surface area contributed by atoms with Gasteiger partial charge in [0.2, 0.25) is 0 Å². The lowest BCUT2D eigenvalue weighted by atomic mass is 10.1. The molecule has 2 aromatic rings. The molecule has 0 bridgehead atoms. The zero-order chi connectivity index (χ0) is 14.4. The van der Waals surface area contributed by atoms with Crippen molar-refractivity contribution in [2.24, 2.45) is 0 Å². The van der Waals surface area contributed by atoms with Crippen LogP contribution in [0.15, 0.2) is 29.6 Å². The van der Waals surface area contributed by atoms with Gasteiger partial charge < -0.3 is 10.1 Å². The van der Waals surface area contributed by atoms with Gasteiger partial charge in [0.15, 0.2) is 5.13 Å². The van der Waals surface area contributed by atoms with E-state index in [4.69, 9.17) is 0 Å². The van der Waals surface area contributed by atoms with Gasteiger partial charge in [0.1, 0.15) is 0 Å². The lowest BCUT2D eigenvalue weighted by molar-refractivity contribution is -0.140. The Hall–Kier alpha value is -1.88. The number of esters is 1. The van der Waals surface area contributed by atoms with Gasteiger partial charge >= 0.3 is 5.97 Å². The van der Waals surface area contributed by atoms with Crippen molar-refractivity contribution in [3.8, 4) is 0 Å². The number of hydrogen-bond donors (Lipinski definition) is 1. The van der Waals surface area contributed by atoms with Crippen molar-refractivity contribution in [3.63, 3.8) is 0 Å². The van der Waals surface area contributed by atoms with Crippen LogP contribution in [0, 0.1) is 0 Å². The Morgan fingerprint density at radius 1 is 1.35 bits per heavy atom. The van der Waals surface area contributed by atoms with E-state index in [9.17, 15) is 4.79 Å². The molecule has 1 aromatic carbocycles. The highest BCUT2D eigenvalue weighted by atomic mass is 32.1. The van der Waals surface area contributed by atoms with Gasteiger partial charge in [0, 0.05) is 17.5 Å². The van der Waals surface area contributed by atoms with Crippen LogP contribution in [0.1, 0.15) is 24.6 Å². The first kappa shape index (κ1) is 14.5. The minimum atomic E-state index is -0.206. The first-order valence-electron chi connectivity index (χ1n) is 6.58. The van der Waals surface area contributed by atoms with Crippen LogP contribution in [0.4, 0.5) is 10.8 Å². The average molecular weight is 290 g/mol. The molecule has 5 heteroatoms. The summed E-state index contributed by atoms with van der Waals surface area (Å²) in [6.45, 7) is 2.14. The number of carbonyl (C=O) groups is 1. The Morgan fingerprint density at radius 3 is 2.75 bits per heavy atom. The number of benzene rings is 1. The summed E-state index contributed by atoms with van der Waals surface area (Å²) in [5, 5.41) is 6.07. The average Bonchev–Trinajstić information content (AvgIpc) is 2.93. The van der Waals surface area contributed by atoms with Crippen LogP contribution in [-0.4, -0.2) is 18.1 Å². The Balaban J connectivity index is 1.93. The summed E-state index contributed by atoms with van der Waals surface area (Å²) in [5.41, 5.74) is 3.25. The fraction of sp³-hybridized carbons (Fsp3) is 0.333. The van der Waals surface area contributed by atoms with E-state index in [1.807, 2.05) is 17.5 Å². The van der Waals surface area contributed by atoms with Gasteiger partial charge in [0.25, 0.3) is 0 Å². The smallest absolute Gasteiger partial charge is 0.305 e. The quantitative estimate of drug-likeness (QED) is 0.827. The van der Waals surface area contributed by atoms with E-state index >= 15 is 0 Å². The number of nitrogens with one attached hydrogen (secondary N) is 1. The molecule has 0 saturated carbocycles. The number of methoxy groups -OCH3 is 1. The standard InChI is InChI=1S/C15H18N2O2S/c1-3-11-4-6-12(7-5-11)16-15-17-13(10-20-15)8-9-14(18)19-2/h4-7,10H,3,8-9H2,1-2H3,(H,16,17). The molecule has 0 spiro atoms. The van der Waals surface area contributed by atoms with Crippen LogP contribution in [-0.2, 0) is 22.4 Å². The molecule has 0 unspecified atom stereocenters. The third-order valence-electron chi connectivity index (χ3n) is 2.98. The van der Waals surface area contributed by atoms with Crippen molar-refractivity contribution in [3.05, 3.63) is 40.9 Å². The number of aryl methyl sites for hydroxylation is 2. The second-order valence-corrected chi connectivity index (χ2v) is 5.25. The van der Waals surface area contributed by atoms with Gasteiger partial charge in [0.05, 0.1) is 19.2 Å². The molecule has 0 radical (unpaired) electrons. The van der Waals surface area contributed by atoms with Crippen LogP contribution < -0.4 is 5.32 Å². The number of thiazole rings is 1. The molecular formula is C15H18N2O2S. The highest BCUT2D eigenvalue weighted by molar-refractivity contribution is 7.13. The van der Waals surface area contributed by atoms with Gasteiger partial charge in [-0.2, -0.15) is 0 Å². The first-order chi connectivity index (χ1) is 9.71. The fourth-order valence-corrected chi connectivity index (χ4v) is 2.52. The molecule has 4 nitrogen and oxygen atoms in total. The monoisotopic (exact) mass is 290 g/mol. The summed E-state index contributed by atoms with van der Waals surface area (Å²) < 4.78 is 4.62. The molecule has 20 heavy (non-hydrogen) atoms. The van der Waals surface area contributed by atoms with Crippen molar-refractivity contribution < 1.29 is 9.53 Å². The number of aromatic nitrogens is 1. The summed E-state index contributed by atoms with van der Waals surface area (Å²) >= 11 is 1.54.